The lowest BCUT2D eigenvalue weighted by molar-refractivity contribution is -0.144. The van der Waals surface area contributed by atoms with Crippen LogP contribution in [0.3, 0.4) is 0 Å². The fraction of sp³-hybridized carbons (Fsp3) is 0.636. The van der Waals surface area contributed by atoms with E-state index in [9.17, 15) is 9.59 Å². The van der Waals surface area contributed by atoms with Crippen LogP contribution in [-0.2, 0) is 19.1 Å². The van der Waals surface area contributed by atoms with Gasteiger partial charge in [-0.3, -0.25) is 9.59 Å². The largest absolute Gasteiger partial charge is 0.466 e. The van der Waals surface area contributed by atoms with Crippen LogP contribution in [0.5, 0.6) is 0 Å². The van der Waals surface area contributed by atoms with Crippen LogP contribution in [0, 0.1) is 0 Å². The van der Waals surface area contributed by atoms with E-state index in [0.29, 0.717) is 32.3 Å². The molecule has 0 fully saturated rings. The normalized spacial score (nSPS) is 9.40. The van der Waals surface area contributed by atoms with Crippen molar-refractivity contribution >= 4 is 11.9 Å². The van der Waals surface area contributed by atoms with Crippen LogP contribution in [0.25, 0.3) is 0 Å². The molecule has 0 N–H and O–H groups in total. The first kappa shape index (κ1) is 13.7. The minimum Gasteiger partial charge on any atom is -0.466 e. The van der Waals surface area contributed by atoms with Gasteiger partial charge in [0.2, 0.25) is 0 Å². The van der Waals surface area contributed by atoms with Crippen molar-refractivity contribution in [3.05, 3.63) is 12.8 Å². The van der Waals surface area contributed by atoms with Crippen molar-refractivity contribution in [2.24, 2.45) is 0 Å². The van der Waals surface area contributed by atoms with E-state index in [-0.39, 0.29) is 11.9 Å². The molecular weight excluding hydrogens is 196 g/mol. The highest BCUT2D eigenvalue weighted by atomic mass is 16.5. The summed E-state index contributed by atoms with van der Waals surface area (Å²) < 4.78 is 9.40. The second-order valence-corrected chi connectivity index (χ2v) is 3.08. The van der Waals surface area contributed by atoms with Crippen molar-refractivity contribution in [1.29, 1.82) is 0 Å². The van der Waals surface area contributed by atoms with E-state index in [2.05, 4.69) is 11.3 Å². The number of carbonyl (C=O) groups is 2. The van der Waals surface area contributed by atoms with Crippen molar-refractivity contribution in [2.75, 3.05) is 6.61 Å². The third-order valence-electron chi connectivity index (χ3n) is 1.69. The SMILES string of the molecule is C=COC(=O)CCCCC(=O)OCCC. The Labute approximate surface area is 90.2 Å². The van der Waals surface area contributed by atoms with Gasteiger partial charge in [-0.05, 0) is 19.3 Å². The Morgan fingerprint density at radius 1 is 1.20 bits per heavy atom. The molecule has 0 aliphatic heterocycles. The maximum absolute atomic E-state index is 11.0. The van der Waals surface area contributed by atoms with Crippen LogP contribution < -0.4 is 0 Å². The van der Waals surface area contributed by atoms with Crippen LogP contribution in [0.2, 0.25) is 0 Å². The number of carbonyl (C=O) groups excluding carboxylic acids is 2. The Bertz CT molecular complexity index is 211. The van der Waals surface area contributed by atoms with Gasteiger partial charge in [0, 0.05) is 12.8 Å². The van der Waals surface area contributed by atoms with Gasteiger partial charge >= 0.3 is 11.9 Å². The van der Waals surface area contributed by atoms with Crippen LogP contribution in [-0.4, -0.2) is 18.5 Å². The monoisotopic (exact) mass is 214 g/mol. The molecule has 4 nitrogen and oxygen atoms in total. The molecule has 0 aliphatic carbocycles. The van der Waals surface area contributed by atoms with Crippen molar-refractivity contribution in [2.45, 2.75) is 39.0 Å². The fourth-order valence-corrected chi connectivity index (χ4v) is 0.979. The van der Waals surface area contributed by atoms with E-state index in [1.54, 1.807) is 0 Å². The van der Waals surface area contributed by atoms with Gasteiger partial charge in [0.05, 0.1) is 12.9 Å². The zero-order valence-electron chi connectivity index (χ0n) is 9.16. The Kier molecular flexibility index (Phi) is 8.43. The Morgan fingerprint density at radius 2 is 1.80 bits per heavy atom. The minimum atomic E-state index is -0.313. The molecule has 0 spiro atoms. The van der Waals surface area contributed by atoms with Gasteiger partial charge in [0.15, 0.2) is 0 Å². The minimum absolute atomic E-state index is 0.200. The molecule has 0 aromatic heterocycles. The summed E-state index contributed by atoms with van der Waals surface area (Å²) in [6.45, 7) is 5.69. The van der Waals surface area contributed by atoms with Gasteiger partial charge in [-0.25, -0.2) is 0 Å². The third-order valence-corrected chi connectivity index (χ3v) is 1.69. The van der Waals surface area contributed by atoms with Crippen molar-refractivity contribution in [3.63, 3.8) is 0 Å². The van der Waals surface area contributed by atoms with E-state index in [1.807, 2.05) is 6.92 Å². The molecule has 0 aromatic rings. The maximum atomic E-state index is 11.0. The average molecular weight is 214 g/mol. The molecular formula is C11H18O4. The van der Waals surface area contributed by atoms with Gasteiger partial charge < -0.3 is 9.47 Å². The Hall–Kier alpha value is -1.32. The summed E-state index contributed by atoms with van der Waals surface area (Å²) >= 11 is 0. The van der Waals surface area contributed by atoms with E-state index in [4.69, 9.17) is 4.74 Å². The first-order valence-corrected chi connectivity index (χ1v) is 5.16. The average Bonchev–Trinajstić information content (AvgIpc) is 2.22. The summed E-state index contributed by atoms with van der Waals surface area (Å²) in [4.78, 5) is 21.9. The summed E-state index contributed by atoms with van der Waals surface area (Å²) in [5, 5.41) is 0. The summed E-state index contributed by atoms with van der Waals surface area (Å²) in [6.07, 6.45) is 3.90. The summed E-state index contributed by atoms with van der Waals surface area (Å²) in [7, 11) is 0. The van der Waals surface area contributed by atoms with Crippen LogP contribution in [0.4, 0.5) is 0 Å². The molecule has 0 atom stereocenters. The van der Waals surface area contributed by atoms with E-state index in [0.717, 1.165) is 12.7 Å². The maximum Gasteiger partial charge on any atom is 0.310 e. The molecule has 0 saturated carbocycles. The van der Waals surface area contributed by atoms with Crippen molar-refractivity contribution in [1.82, 2.24) is 0 Å². The first-order valence-electron chi connectivity index (χ1n) is 5.16. The second-order valence-electron chi connectivity index (χ2n) is 3.08. The highest BCUT2D eigenvalue weighted by Gasteiger charge is 2.04. The highest BCUT2D eigenvalue weighted by Crippen LogP contribution is 2.03. The molecule has 0 amide bonds. The van der Waals surface area contributed by atoms with Crippen LogP contribution in [0.1, 0.15) is 39.0 Å². The smallest absolute Gasteiger partial charge is 0.310 e. The molecule has 0 bridgehead atoms. The van der Waals surface area contributed by atoms with Gasteiger partial charge in [0.1, 0.15) is 0 Å². The summed E-state index contributed by atoms with van der Waals surface area (Å²) in [5.41, 5.74) is 0. The van der Waals surface area contributed by atoms with Crippen LogP contribution in [0.15, 0.2) is 12.8 Å². The quantitative estimate of drug-likeness (QED) is 0.353. The Balaban J connectivity index is 3.33. The molecule has 4 heteroatoms. The van der Waals surface area contributed by atoms with E-state index < -0.39 is 0 Å². The number of rotatable bonds is 8. The van der Waals surface area contributed by atoms with Crippen LogP contribution >= 0.6 is 0 Å². The zero-order valence-corrected chi connectivity index (χ0v) is 9.16. The first-order chi connectivity index (χ1) is 7.20. The third kappa shape index (κ3) is 9.00. The zero-order chi connectivity index (χ0) is 11.5. The molecule has 0 aliphatic rings. The second kappa shape index (κ2) is 9.24. The van der Waals surface area contributed by atoms with Crippen molar-refractivity contribution < 1.29 is 19.1 Å². The van der Waals surface area contributed by atoms with Gasteiger partial charge in [-0.1, -0.05) is 13.5 Å². The Morgan fingerprint density at radius 3 is 2.33 bits per heavy atom. The molecule has 0 saturated heterocycles. The number of hydrogen-bond donors (Lipinski definition) is 0. The van der Waals surface area contributed by atoms with Gasteiger partial charge in [-0.15, -0.1) is 0 Å². The number of hydrogen-bond acceptors (Lipinski definition) is 4. The van der Waals surface area contributed by atoms with E-state index >= 15 is 0 Å². The van der Waals surface area contributed by atoms with Gasteiger partial charge in [0.25, 0.3) is 0 Å². The lowest BCUT2D eigenvalue weighted by atomic mass is 10.2. The molecule has 15 heavy (non-hydrogen) atoms. The lowest BCUT2D eigenvalue weighted by Crippen LogP contribution is -2.05. The lowest BCUT2D eigenvalue weighted by Gasteiger charge is -2.02. The number of ether oxygens (including phenoxy) is 2. The molecule has 86 valence electrons. The molecule has 0 rings (SSSR count). The highest BCUT2D eigenvalue weighted by molar-refractivity contribution is 5.70. The summed E-state index contributed by atoms with van der Waals surface area (Å²) in [6, 6.07) is 0. The topological polar surface area (TPSA) is 52.6 Å². The molecule has 0 aromatic carbocycles. The summed E-state index contributed by atoms with van der Waals surface area (Å²) in [5.74, 6) is -0.513. The predicted molar refractivity (Wildman–Crippen MR) is 56.0 cm³/mol. The number of unbranched alkanes of at least 4 members (excludes halogenated alkanes) is 1. The van der Waals surface area contributed by atoms with E-state index in [1.165, 1.54) is 0 Å². The predicted octanol–water partition coefficient (Wildman–Crippen LogP) is 2.19. The van der Waals surface area contributed by atoms with Crippen molar-refractivity contribution in [3.8, 4) is 0 Å². The fourth-order valence-electron chi connectivity index (χ4n) is 0.979. The number of esters is 2. The molecule has 0 heterocycles. The molecule has 0 unspecified atom stereocenters. The molecule has 0 radical (unpaired) electrons. The standard InChI is InChI=1S/C11H18O4/c1-3-9-15-11(13)8-6-5-7-10(12)14-4-2/h4H,2-3,5-9H2,1H3. The van der Waals surface area contributed by atoms with Gasteiger partial charge in [-0.2, -0.15) is 0 Å².